The van der Waals surface area contributed by atoms with Crippen molar-refractivity contribution in [3.8, 4) is 23.0 Å². The zero-order valence-electron chi connectivity index (χ0n) is 13.5. The lowest BCUT2D eigenvalue weighted by Gasteiger charge is -2.16. The average molecular weight is 317 g/mol. The van der Waals surface area contributed by atoms with Crippen molar-refractivity contribution in [3.63, 3.8) is 0 Å². The summed E-state index contributed by atoms with van der Waals surface area (Å²) in [6.45, 7) is 0. The van der Waals surface area contributed by atoms with Gasteiger partial charge >= 0.3 is 0 Å². The molecule has 0 bridgehead atoms. The second kappa shape index (κ2) is 7.40. The molecule has 0 heterocycles. The third-order valence-electron chi connectivity index (χ3n) is 3.32. The Morgan fingerprint density at radius 2 is 1.13 bits per heavy atom. The fourth-order valence-electron chi connectivity index (χ4n) is 2.23. The number of carbonyl (C=O) groups is 1. The van der Waals surface area contributed by atoms with Crippen molar-refractivity contribution in [1.82, 2.24) is 0 Å². The van der Waals surface area contributed by atoms with Gasteiger partial charge in [0.05, 0.1) is 28.4 Å². The van der Waals surface area contributed by atoms with Crippen LogP contribution < -0.4 is 24.3 Å². The predicted octanol–water partition coefficient (Wildman–Crippen LogP) is 2.97. The Bertz CT molecular complexity index is 655. The summed E-state index contributed by atoms with van der Waals surface area (Å²) in [5.74, 6) is 1.42. The van der Waals surface area contributed by atoms with E-state index in [2.05, 4.69) is 5.32 Å². The van der Waals surface area contributed by atoms with Crippen molar-refractivity contribution in [1.29, 1.82) is 0 Å². The second-order valence-electron chi connectivity index (χ2n) is 4.53. The summed E-state index contributed by atoms with van der Waals surface area (Å²) in [5.41, 5.74) is 0.737. The molecule has 1 N–H and O–H groups in total. The molecule has 0 aliphatic carbocycles. The minimum atomic E-state index is -0.387. The van der Waals surface area contributed by atoms with Crippen molar-refractivity contribution in [2.75, 3.05) is 33.8 Å². The molecule has 122 valence electrons. The van der Waals surface area contributed by atoms with Crippen molar-refractivity contribution in [2.45, 2.75) is 0 Å². The monoisotopic (exact) mass is 317 g/mol. The molecule has 6 nitrogen and oxygen atoms in total. The molecule has 2 aromatic rings. The van der Waals surface area contributed by atoms with Crippen LogP contribution >= 0.6 is 0 Å². The third kappa shape index (κ3) is 3.31. The highest BCUT2D eigenvalue weighted by Gasteiger charge is 2.21. The number of para-hydroxylation sites is 1. The van der Waals surface area contributed by atoms with Gasteiger partial charge in [-0.05, 0) is 24.3 Å². The van der Waals surface area contributed by atoms with Gasteiger partial charge in [0.15, 0.2) is 0 Å². The molecule has 1 amide bonds. The Kier molecular flexibility index (Phi) is 5.30. The molecule has 0 unspecified atom stereocenters. The molecule has 2 aromatic carbocycles. The van der Waals surface area contributed by atoms with Crippen LogP contribution in [0.15, 0.2) is 36.4 Å². The first-order valence-electron chi connectivity index (χ1n) is 6.89. The number of methoxy groups -OCH3 is 4. The van der Waals surface area contributed by atoms with E-state index in [-0.39, 0.29) is 5.91 Å². The quantitative estimate of drug-likeness (QED) is 0.887. The number of amides is 1. The van der Waals surface area contributed by atoms with Gasteiger partial charge in [-0.1, -0.05) is 12.1 Å². The fraction of sp³-hybridized carbons (Fsp3) is 0.235. The number of carbonyl (C=O) groups excluding carboxylic acids is 1. The summed E-state index contributed by atoms with van der Waals surface area (Å²) < 4.78 is 21.1. The topological polar surface area (TPSA) is 66.0 Å². The predicted molar refractivity (Wildman–Crippen MR) is 87.0 cm³/mol. The lowest BCUT2D eigenvalue weighted by molar-refractivity contribution is 0.102. The van der Waals surface area contributed by atoms with Crippen LogP contribution in [0.25, 0.3) is 0 Å². The van der Waals surface area contributed by atoms with Gasteiger partial charge in [-0.25, -0.2) is 0 Å². The SMILES string of the molecule is COc1cccc(OC)c1NC(=O)c1c(OC)cccc1OC. The number of hydrogen-bond acceptors (Lipinski definition) is 5. The van der Waals surface area contributed by atoms with E-state index < -0.39 is 0 Å². The maximum Gasteiger partial charge on any atom is 0.263 e. The van der Waals surface area contributed by atoms with Gasteiger partial charge in [-0.3, -0.25) is 4.79 Å². The molecule has 0 radical (unpaired) electrons. The summed E-state index contributed by atoms with van der Waals surface area (Å²) in [6.07, 6.45) is 0. The zero-order chi connectivity index (χ0) is 16.8. The normalized spacial score (nSPS) is 9.91. The van der Waals surface area contributed by atoms with Gasteiger partial charge in [0, 0.05) is 0 Å². The first kappa shape index (κ1) is 16.5. The molecule has 0 aliphatic rings. The van der Waals surface area contributed by atoms with Crippen LogP contribution in [0.4, 0.5) is 5.69 Å². The number of hydrogen-bond donors (Lipinski definition) is 1. The summed E-state index contributed by atoms with van der Waals surface area (Å²) in [6, 6.07) is 10.4. The highest BCUT2D eigenvalue weighted by molar-refractivity contribution is 6.09. The summed E-state index contributed by atoms with van der Waals surface area (Å²) in [7, 11) is 6.03. The van der Waals surface area contributed by atoms with Gasteiger partial charge < -0.3 is 24.3 Å². The van der Waals surface area contributed by atoms with Crippen LogP contribution in [0, 0.1) is 0 Å². The van der Waals surface area contributed by atoms with Gasteiger partial charge in [0.1, 0.15) is 34.2 Å². The average Bonchev–Trinajstić information content (AvgIpc) is 2.60. The molecule has 0 saturated heterocycles. The van der Waals surface area contributed by atoms with Crippen molar-refractivity contribution >= 4 is 11.6 Å². The summed E-state index contributed by atoms with van der Waals surface area (Å²) in [5, 5.41) is 2.80. The van der Waals surface area contributed by atoms with Crippen molar-refractivity contribution in [2.24, 2.45) is 0 Å². The van der Waals surface area contributed by atoms with Crippen LogP contribution in [0.1, 0.15) is 10.4 Å². The molecule has 2 rings (SSSR count). The lowest BCUT2D eigenvalue weighted by Crippen LogP contribution is -2.15. The minimum Gasteiger partial charge on any atom is -0.496 e. The first-order valence-corrected chi connectivity index (χ1v) is 6.89. The Balaban J connectivity index is 2.45. The van der Waals surface area contributed by atoms with Crippen LogP contribution in [-0.2, 0) is 0 Å². The molecule has 0 aromatic heterocycles. The number of anilines is 1. The van der Waals surface area contributed by atoms with Gasteiger partial charge in [0.2, 0.25) is 0 Å². The van der Waals surface area contributed by atoms with Crippen molar-refractivity contribution in [3.05, 3.63) is 42.0 Å². The summed E-state index contributed by atoms with van der Waals surface area (Å²) >= 11 is 0. The van der Waals surface area contributed by atoms with E-state index >= 15 is 0 Å². The van der Waals surface area contributed by atoms with E-state index in [9.17, 15) is 4.79 Å². The van der Waals surface area contributed by atoms with Gasteiger partial charge in [-0.15, -0.1) is 0 Å². The van der Waals surface area contributed by atoms with E-state index in [1.165, 1.54) is 28.4 Å². The molecule has 0 atom stereocenters. The standard InChI is InChI=1S/C17H19NO5/c1-20-11-7-5-8-12(21-2)15(11)17(19)18-16-13(22-3)9-6-10-14(16)23-4/h5-10H,1-4H3,(H,18,19). The first-order chi connectivity index (χ1) is 11.2. The Morgan fingerprint density at radius 1 is 0.739 bits per heavy atom. The van der Waals surface area contributed by atoms with Crippen LogP contribution in [0.2, 0.25) is 0 Å². The van der Waals surface area contributed by atoms with E-state index in [1.807, 2.05) is 0 Å². The van der Waals surface area contributed by atoms with Gasteiger partial charge in [-0.2, -0.15) is 0 Å². The van der Waals surface area contributed by atoms with E-state index in [4.69, 9.17) is 18.9 Å². The van der Waals surface area contributed by atoms with Crippen LogP contribution in [0.3, 0.4) is 0 Å². The van der Waals surface area contributed by atoms with E-state index in [0.717, 1.165) is 0 Å². The number of rotatable bonds is 6. The number of ether oxygens (including phenoxy) is 4. The highest BCUT2D eigenvalue weighted by Crippen LogP contribution is 2.36. The molecular formula is C17H19NO5. The zero-order valence-corrected chi connectivity index (χ0v) is 13.5. The minimum absolute atomic E-state index is 0.297. The largest absolute Gasteiger partial charge is 0.496 e. The highest BCUT2D eigenvalue weighted by atomic mass is 16.5. The number of nitrogens with one attached hydrogen (secondary N) is 1. The third-order valence-corrected chi connectivity index (χ3v) is 3.32. The maximum absolute atomic E-state index is 12.7. The van der Waals surface area contributed by atoms with Crippen LogP contribution in [-0.4, -0.2) is 34.3 Å². The smallest absolute Gasteiger partial charge is 0.263 e. The maximum atomic E-state index is 12.7. The Morgan fingerprint density at radius 3 is 1.52 bits per heavy atom. The summed E-state index contributed by atoms with van der Waals surface area (Å²) in [4.78, 5) is 12.7. The Hall–Kier alpha value is -2.89. The van der Waals surface area contributed by atoms with Crippen molar-refractivity contribution < 1.29 is 23.7 Å². The van der Waals surface area contributed by atoms with E-state index in [1.54, 1.807) is 36.4 Å². The lowest BCUT2D eigenvalue weighted by atomic mass is 10.1. The molecule has 6 heteroatoms. The molecule has 0 fully saturated rings. The molecule has 0 aliphatic heterocycles. The molecule has 0 spiro atoms. The van der Waals surface area contributed by atoms with Crippen LogP contribution in [0.5, 0.6) is 23.0 Å². The van der Waals surface area contributed by atoms with E-state index in [0.29, 0.717) is 34.2 Å². The van der Waals surface area contributed by atoms with Gasteiger partial charge in [0.25, 0.3) is 5.91 Å². The molecular weight excluding hydrogens is 298 g/mol. The molecule has 0 saturated carbocycles. The molecule has 23 heavy (non-hydrogen) atoms. The second-order valence-corrected chi connectivity index (χ2v) is 4.53. The fourth-order valence-corrected chi connectivity index (χ4v) is 2.23. The Labute approximate surface area is 134 Å². The number of benzene rings is 2.